The highest BCUT2D eigenvalue weighted by Crippen LogP contribution is 2.17. The van der Waals surface area contributed by atoms with Gasteiger partial charge in [0.15, 0.2) is 5.78 Å². The zero-order valence-corrected chi connectivity index (χ0v) is 14.1. The van der Waals surface area contributed by atoms with Crippen LogP contribution >= 0.6 is 0 Å². The van der Waals surface area contributed by atoms with Crippen LogP contribution < -0.4 is 5.32 Å². The molecule has 130 valence electrons. The molecule has 1 amide bonds. The third-order valence-electron chi connectivity index (χ3n) is 4.14. The van der Waals surface area contributed by atoms with Crippen molar-refractivity contribution in [1.29, 1.82) is 0 Å². The highest BCUT2D eigenvalue weighted by molar-refractivity contribution is 6.15. The van der Waals surface area contributed by atoms with Crippen LogP contribution in [0.4, 0.5) is 0 Å². The van der Waals surface area contributed by atoms with Crippen molar-refractivity contribution in [3.05, 3.63) is 107 Å². The standard InChI is InChI=1S/C22H19NO3/c24-15-20(16-9-3-1-4-10-16)23-22(26)19-14-8-7-13-18(19)21(25)17-11-5-2-6-12-17/h1-14,20,24H,15H2,(H,23,26)/t20-/m1/s1. The number of carbonyl (C=O) groups is 2. The summed E-state index contributed by atoms with van der Waals surface area (Å²) in [5.41, 5.74) is 1.95. The SMILES string of the molecule is O=C(N[C@H](CO)c1ccccc1)c1ccccc1C(=O)c1ccccc1. The molecule has 0 heterocycles. The first-order valence-electron chi connectivity index (χ1n) is 8.36. The fourth-order valence-corrected chi connectivity index (χ4v) is 2.78. The molecule has 1 atom stereocenters. The first-order chi connectivity index (χ1) is 12.7. The van der Waals surface area contributed by atoms with Crippen molar-refractivity contribution in [1.82, 2.24) is 5.32 Å². The Morgan fingerprint density at radius 1 is 0.769 bits per heavy atom. The molecule has 3 aromatic carbocycles. The Morgan fingerprint density at radius 3 is 1.92 bits per heavy atom. The van der Waals surface area contributed by atoms with E-state index in [1.807, 2.05) is 36.4 Å². The van der Waals surface area contributed by atoms with Gasteiger partial charge < -0.3 is 10.4 Å². The zero-order valence-electron chi connectivity index (χ0n) is 14.1. The molecule has 3 rings (SSSR count). The molecule has 0 fully saturated rings. The van der Waals surface area contributed by atoms with Gasteiger partial charge in [-0.3, -0.25) is 9.59 Å². The first-order valence-corrected chi connectivity index (χ1v) is 8.36. The van der Waals surface area contributed by atoms with Gasteiger partial charge in [-0.15, -0.1) is 0 Å². The van der Waals surface area contributed by atoms with Crippen molar-refractivity contribution in [2.24, 2.45) is 0 Å². The maximum absolute atomic E-state index is 12.8. The predicted molar refractivity (Wildman–Crippen MR) is 100 cm³/mol. The summed E-state index contributed by atoms with van der Waals surface area (Å²) in [5, 5.41) is 12.5. The Kier molecular flexibility index (Phi) is 5.56. The number of benzene rings is 3. The molecule has 0 spiro atoms. The highest BCUT2D eigenvalue weighted by atomic mass is 16.3. The third kappa shape index (κ3) is 3.87. The van der Waals surface area contributed by atoms with Crippen LogP contribution in [-0.4, -0.2) is 23.4 Å². The Bertz CT molecular complexity index is 892. The van der Waals surface area contributed by atoms with E-state index >= 15 is 0 Å². The van der Waals surface area contributed by atoms with Gasteiger partial charge in [0.1, 0.15) is 0 Å². The van der Waals surface area contributed by atoms with Crippen LogP contribution in [0.3, 0.4) is 0 Å². The molecule has 0 saturated carbocycles. The van der Waals surface area contributed by atoms with Gasteiger partial charge in [0.2, 0.25) is 0 Å². The second-order valence-corrected chi connectivity index (χ2v) is 5.86. The number of carbonyl (C=O) groups excluding carboxylic acids is 2. The number of ketones is 1. The Labute approximate surface area is 152 Å². The molecule has 0 unspecified atom stereocenters. The van der Waals surface area contributed by atoms with Gasteiger partial charge in [0.05, 0.1) is 18.2 Å². The van der Waals surface area contributed by atoms with Crippen LogP contribution in [0.2, 0.25) is 0 Å². The van der Waals surface area contributed by atoms with E-state index in [2.05, 4.69) is 5.32 Å². The van der Waals surface area contributed by atoms with E-state index in [9.17, 15) is 14.7 Å². The van der Waals surface area contributed by atoms with Crippen LogP contribution in [0, 0.1) is 0 Å². The van der Waals surface area contributed by atoms with Crippen molar-refractivity contribution in [3.63, 3.8) is 0 Å². The number of aliphatic hydroxyl groups excluding tert-OH is 1. The zero-order chi connectivity index (χ0) is 18.4. The van der Waals surface area contributed by atoms with E-state index < -0.39 is 11.9 Å². The quantitative estimate of drug-likeness (QED) is 0.673. The minimum Gasteiger partial charge on any atom is -0.394 e. The second kappa shape index (κ2) is 8.23. The average molecular weight is 345 g/mol. The Morgan fingerprint density at radius 2 is 1.31 bits per heavy atom. The molecule has 0 aliphatic heterocycles. The summed E-state index contributed by atoms with van der Waals surface area (Å²) in [6, 6.07) is 24.2. The summed E-state index contributed by atoms with van der Waals surface area (Å²) in [4.78, 5) is 25.5. The maximum atomic E-state index is 12.8. The summed E-state index contributed by atoms with van der Waals surface area (Å²) < 4.78 is 0. The van der Waals surface area contributed by atoms with E-state index in [0.29, 0.717) is 11.1 Å². The first kappa shape index (κ1) is 17.6. The van der Waals surface area contributed by atoms with Gasteiger partial charge in [-0.05, 0) is 11.6 Å². The van der Waals surface area contributed by atoms with E-state index in [0.717, 1.165) is 5.56 Å². The summed E-state index contributed by atoms with van der Waals surface area (Å²) in [7, 11) is 0. The molecular formula is C22H19NO3. The van der Waals surface area contributed by atoms with Crippen molar-refractivity contribution >= 4 is 11.7 Å². The molecule has 26 heavy (non-hydrogen) atoms. The monoisotopic (exact) mass is 345 g/mol. The number of aliphatic hydroxyl groups is 1. The predicted octanol–water partition coefficient (Wildman–Crippen LogP) is 3.38. The molecule has 2 N–H and O–H groups in total. The minimum absolute atomic E-state index is 0.211. The smallest absolute Gasteiger partial charge is 0.252 e. The number of amides is 1. The van der Waals surface area contributed by atoms with Gasteiger partial charge in [0.25, 0.3) is 5.91 Å². The highest BCUT2D eigenvalue weighted by Gasteiger charge is 2.20. The van der Waals surface area contributed by atoms with E-state index in [1.165, 1.54) is 0 Å². The molecular weight excluding hydrogens is 326 g/mol. The molecule has 0 aliphatic carbocycles. The molecule has 3 aromatic rings. The van der Waals surface area contributed by atoms with E-state index in [-0.39, 0.29) is 18.0 Å². The van der Waals surface area contributed by atoms with Gasteiger partial charge in [-0.2, -0.15) is 0 Å². The molecule has 0 saturated heterocycles. The van der Waals surface area contributed by atoms with Crippen molar-refractivity contribution in [2.75, 3.05) is 6.61 Å². The lowest BCUT2D eigenvalue weighted by atomic mass is 9.97. The van der Waals surface area contributed by atoms with Gasteiger partial charge in [-0.1, -0.05) is 78.9 Å². The number of hydrogen-bond donors (Lipinski definition) is 2. The maximum Gasteiger partial charge on any atom is 0.252 e. The van der Waals surface area contributed by atoms with Crippen molar-refractivity contribution < 1.29 is 14.7 Å². The van der Waals surface area contributed by atoms with E-state index in [1.54, 1.807) is 48.5 Å². The summed E-state index contributed by atoms with van der Waals surface area (Å²) in [5.74, 6) is -0.607. The summed E-state index contributed by atoms with van der Waals surface area (Å²) >= 11 is 0. The third-order valence-corrected chi connectivity index (χ3v) is 4.14. The molecule has 0 aliphatic rings. The van der Waals surface area contributed by atoms with Gasteiger partial charge >= 0.3 is 0 Å². The van der Waals surface area contributed by atoms with Crippen LogP contribution in [0.15, 0.2) is 84.9 Å². The normalized spacial score (nSPS) is 11.6. The summed E-state index contributed by atoms with van der Waals surface area (Å²) in [6.45, 7) is -0.232. The van der Waals surface area contributed by atoms with Crippen LogP contribution in [0.25, 0.3) is 0 Å². The minimum atomic E-state index is -0.538. The lowest BCUT2D eigenvalue weighted by Crippen LogP contribution is -2.31. The van der Waals surface area contributed by atoms with Crippen LogP contribution in [-0.2, 0) is 0 Å². The fourth-order valence-electron chi connectivity index (χ4n) is 2.78. The molecule has 4 heteroatoms. The van der Waals surface area contributed by atoms with Crippen molar-refractivity contribution in [3.8, 4) is 0 Å². The number of hydrogen-bond acceptors (Lipinski definition) is 3. The molecule has 0 bridgehead atoms. The summed E-state index contributed by atoms with van der Waals surface area (Å²) in [6.07, 6.45) is 0. The molecule has 0 radical (unpaired) electrons. The Balaban J connectivity index is 1.87. The van der Waals surface area contributed by atoms with Crippen LogP contribution in [0.5, 0.6) is 0 Å². The molecule has 4 nitrogen and oxygen atoms in total. The average Bonchev–Trinajstić information content (AvgIpc) is 2.72. The number of nitrogens with one attached hydrogen (secondary N) is 1. The van der Waals surface area contributed by atoms with Gasteiger partial charge in [-0.25, -0.2) is 0 Å². The largest absolute Gasteiger partial charge is 0.394 e. The Hall–Kier alpha value is -3.24. The molecule has 0 aromatic heterocycles. The van der Waals surface area contributed by atoms with Gasteiger partial charge in [0, 0.05) is 11.1 Å². The van der Waals surface area contributed by atoms with Crippen molar-refractivity contribution in [2.45, 2.75) is 6.04 Å². The second-order valence-electron chi connectivity index (χ2n) is 5.86. The topological polar surface area (TPSA) is 66.4 Å². The number of rotatable bonds is 6. The van der Waals surface area contributed by atoms with E-state index in [4.69, 9.17) is 0 Å². The lowest BCUT2D eigenvalue weighted by molar-refractivity contribution is 0.0908. The lowest BCUT2D eigenvalue weighted by Gasteiger charge is -2.18. The van der Waals surface area contributed by atoms with Crippen LogP contribution in [0.1, 0.15) is 37.9 Å². The fraction of sp³-hybridized carbons (Fsp3) is 0.0909.